The van der Waals surface area contributed by atoms with Crippen molar-refractivity contribution in [2.24, 2.45) is 5.92 Å². The van der Waals surface area contributed by atoms with Crippen molar-refractivity contribution in [3.8, 4) is 0 Å². The van der Waals surface area contributed by atoms with Crippen LogP contribution in [0, 0.1) is 17.1 Å². The van der Waals surface area contributed by atoms with Crippen LogP contribution in [-0.2, 0) is 11.2 Å². The number of halogens is 5. The van der Waals surface area contributed by atoms with Gasteiger partial charge in [-0.05, 0) is 42.7 Å². The molecule has 1 heterocycles. The molecule has 0 radical (unpaired) electrons. The van der Waals surface area contributed by atoms with Gasteiger partial charge in [-0.2, -0.15) is 0 Å². The lowest BCUT2D eigenvalue weighted by molar-refractivity contribution is -0.164. The molecule has 1 aliphatic rings. The number of anilines is 1. The molecule has 2 aromatic rings. The number of nitrogens with two attached hydrogens (primary N) is 1. The molecule has 10 heteroatoms. The third-order valence-electron chi connectivity index (χ3n) is 5.75. The van der Waals surface area contributed by atoms with E-state index in [2.05, 4.69) is 0 Å². The average molecular weight is 488 g/mol. The Morgan fingerprint density at radius 1 is 1.28 bits per heavy atom. The molecule has 172 valence electrons. The first-order valence-electron chi connectivity index (χ1n) is 9.91. The van der Waals surface area contributed by atoms with Gasteiger partial charge >= 0.3 is 0 Å². The third-order valence-corrected chi connectivity index (χ3v) is 6.26. The number of nitrogen functional groups attached to an aromatic ring is 1. The second kappa shape index (κ2) is 9.68. The lowest BCUT2D eigenvalue weighted by atomic mass is 9.84. The van der Waals surface area contributed by atoms with Crippen LogP contribution in [0.2, 0.25) is 10.0 Å². The Morgan fingerprint density at radius 2 is 1.94 bits per heavy atom. The van der Waals surface area contributed by atoms with E-state index in [0.717, 1.165) is 6.21 Å². The van der Waals surface area contributed by atoms with E-state index in [1.807, 2.05) is 0 Å². The zero-order valence-electron chi connectivity index (χ0n) is 16.9. The van der Waals surface area contributed by atoms with Crippen LogP contribution < -0.4 is 5.73 Å². The normalized spacial score (nSPS) is 16.1. The number of hydrogen-bond acceptors (Lipinski definition) is 4. The first-order valence-corrected chi connectivity index (χ1v) is 10.7. The summed E-state index contributed by atoms with van der Waals surface area (Å²) in [5.74, 6) is -5.55. The van der Waals surface area contributed by atoms with Crippen LogP contribution in [0.25, 0.3) is 0 Å². The molecule has 3 rings (SSSR count). The number of hydrogen-bond donors (Lipinski definition) is 3. The number of nitrogens with zero attached hydrogens (tertiary/aromatic N) is 1. The van der Waals surface area contributed by atoms with Gasteiger partial charge in [-0.1, -0.05) is 29.3 Å². The van der Waals surface area contributed by atoms with E-state index in [-0.39, 0.29) is 65.1 Å². The Morgan fingerprint density at radius 3 is 2.53 bits per heavy atom. The molecular weight excluding hydrogens is 466 g/mol. The Kier molecular flexibility index (Phi) is 7.37. The van der Waals surface area contributed by atoms with E-state index in [4.69, 9.17) is 34.3 Å². The second-order valence-corrected chi connectivity index (χ2v) is 8.64. The van der Waals surface area contributed by atoms with Gasteiger partial charge in [0.1, 0.15) is 11.9 Å². The molecule has 0 aromatic heterocycles. The zero-order valence-corrected chi connectivity index (χ0v) is 18.4. The van der Waals surface area contributed by atoms with Crippen LogP contribution >= 0.6 is 23.2 Å². The van der Waals surface area contributed by atoms with Crippen molar-refractivity contribution in [3.63, 3.8) is 0 Å². The predicted molar refractivity (Wildman–Crippen MR) is 118 cm³/mol. The molecule has 0 saturated carbocycles. The maximum Gasteiger partial charge on any atom is 0.280 e. The highest BCUT2D eigenvalue weighted by Crippen LogP contribution is 2.44. The van der Waals surface area contributed by atoms with Crippen molar-refractivity contribution < 1.29 is 23.1 Å². The van der Waals surface area contributed by atoms with Gasteiger partial charge < -0.3 is 21.1 Å². The minimum absolute atomic E-state index is 0.0160. The van der Waals surface area contributed by atoms with Gasteiger partial charge in [-0.15, -0.1) is 0 Å². The van der Waals surface area contributed by atoms with E-state index in [0.29, 0.717) is 5.56 Å². The molecular formula is C22H22Cl2F3N3O2. The van der Waals surface area contributed by atoms with Gasteiger partial charge in [-0.25, -0.2) is 13.2 Å². The van der Waals surface area contributed by atoms with Crippen molar-refractivity contribution in [2.75, 3.05) is 18.8 Å². The number of nitrogens with one attached hydrogen (secondary N) is 1. The number of likely N-dealkylation sites (tertiary alicyclic amines) is 1. The van der Waals surface area contributed by atoms with Crippen LogP contribution in [0.4, 0.5) is 18.9 Å². The van der Waals surface area contributed by atoms with Gasteiger partial charge in [0.2, 0.25) is 5.91 Å². The molecule has 2 aromatic carbocycles. The van der Waals surface area contributed by atoms with E-state index in [1.165, 1.54) is 35.2 Å². The molecule has 4 N–H and O–H groups in total. The van der Waals surface area contributed by atoms with E-state index >= 15 is 8.78 Å². The molecule has 32 heavy (non-hydrogen) atoms. The summed E-state index contributed by atoms with van der Waals surface area (Å²) in [6.45, 7) is 0.190. The fourth-order valence-electron chi connectivity index (χ4n) is 3.89. The summed E-state index contributed by atoms with van der Waals surface area (Å²) in [5, 5.41) is 17.8. The Hall–Kier alpha value is -2.29. The van der Waals surface area contributed by atoms with E-state index in [1.54, 1.807) is 0 Å². The van der Waals surface area contributed by atoms with Crippen molar-refractivity contribution in [1.82, 2.24) is 4.90 Å². The number of aliphatic hydroxyl groups is 1. The standard InChI is InChI=1S/C22H22Cl2F3N3O2/c23-15-9-13(11-28)20(29)16(10-15)21(32)22(26,27)14-3-5-30(6-4-14)19(31)8-12-1-2-18(25)17(24)7-12/h1-2,7,9-11,14,21,28,32H,3-6,8,29H2. The van der Waals surface area contributed by atoms with Gasteiger partial charge in [0.25, 0.3) is 5.92 Å². The Bertz CT molecular complexity index is 1030. The number of piperidine rings is 1. The van der Waals surface area contributed by atoms with Gasteiger partial charge in [0.15, 0.2) is 0 Å². The molecule has 1 amide bonds. The van der Waals surface area contributed by atoms with Crippen molar-refractivity contribution in [1.29, 1.82) is 5.41 Å². The van der Waals surface area contributed by atoms with Crippen molar-refractivity contribution in [3.05, 3.63) is 62.9 Å². The smallest absolute Gasteiger partial charge is 0.280 e. The zero-order chi connectivity index (χ0) is 23.6. The minimum atomic E-state index is -3.52. The predicted octanol–water partition coefficient (Wildman–Crippen LogP) is 4.86. The molecule has 1 atom stereocenters. The van der Waals surface area contributed by atoms with E-state index < -0.39 is 23.8 Å². The van der Waals surface area contributed by atoms with Crippen LogP contribution in [0.1, 0.15) is 35.6 Å². The highest BCUT2D eigenvalue weighted by atomic mass is 35.5. The maximum absolute atomic E-state index is 15.1. The quantitative estimate of drug-likeness (QED) is 0.401. The Balaban J connectivity index is 1.67. The van der Waals surface area contributed by atoms with E-state index in [9.17, 15) is 14.3 Å². The Labute approximate surface area is 193 Å². The largest absolute Gasteiger partial charge is 0.398 e. The second-order valence-electron chi connectivity index (χ2n) is 7.80. The van der Waals surface area contributed by atoms with Gasteiger partial charge in [0.05, 0.1) is 11.4 Å². The van der Waals surface area contributed by atoms with Crippen LogP contribution in [0.3, 0.4) is 0 Å². The lowest BCUT2D eigenvalue weighted by Crippen LogP contribution is -2.46. The number of amides is 1. The lowest BCUT2D eigenvalue weighted by Gasteiger charge is -2.38. The summed E-state index contributed by atoms with van der Waals surface area (Å²) in [7, 11) is 0. The molecule has 1 fully saturated rings. The minimum Gasteiger partial charge on any atom is -0.398 e. The van der Waals surface area contributed by atoms with Crippen LogP contribution in [0.5, 0.6) is 0 Å². The van der Waals surface area contributed by atoms with Gasteiger partial charge in [-0.3, -0.25) is 4.79 Å². The maximum atomic E-state index is 15.1. The fraction of sp³-hybridized carbons (Fsp3) is 0.364. The fourth-order valence-corrected chi connectivity index (χ4v) is 4.33. The summed E-state index contributed by atoms with van der Waals surface area (Å²) >= 11 is 11.7. The summed E-state index contributed by atoms with van der Waals surface area (Å²) in [6.07, 6.45) is -1.37. The first kappa shape index (κ1) is 24.4. The topological polar surface area (TPSA) is 90.4 Å². The SMILES string of the molecule is N=Cc1cc(Cl)cc(C(O)C(F)(F)C2CCN(C(=O)Cc3ccc(F)c(Cl)c3)CC2)c1N. The number of carbonyl (C=O) groups excluding carboxylic acids is 1. The van der Waals surface area contributed by atoms with Crippen molar-refractivity contribution >= 4 is 41.0 Å². The average Bonchev–Trinajstić information content (AvgIpc) is 2.77. The molecule has 1 aliphatic heterocycles. The molecule has 5 nitrogen and oxygen atoms in total. The highest BCUT2D eigenvalue weighted by molar-refractivity contribution is 6.31. The van der Waals surface area contributed by atoms with Crippen LogP contribution in [0.15, 0.2) is 30.3 Å². The molecule has 0 aliphatic carbocycles. The molecule has 0 spiro atoms. The molecule has 1 unspecified atom stereocenters. The number of carbonyl (C=O) groups is 1. The van der Waals surface area contributed by atoms with Gasteiger partial charge in [0, 0.05) is 47.1 Å². The third kappa shape index (κ3) is 5.03. The van der Waals surface area contributed by atoms with Crippen LogP contribution in [-0.4, -0.2) is 41.1 Å². The van der Waals surface area contributed by atoms with Crippen molar-refractivity contribution in [2.45, 2.75) is 31.3 Å². The summed E-state index contributed by atoms with van der Waals surface area (Å²) in [4.78, 5) is 14.0. The monoisotopic (exact) mass is 487 g/mol. The number of benzene rings is 2. The number of alkyl halides is 2. The summed E-state index contributed by atoms with van der Waals surface area (Å²) in [6, 6.07) is 6.52. The molecule has 0 bridgehead atoms. The summed E-state index contributed by atoms with van der Waals surface area (Å²) in [5.41, 5.74) is 6.18. The number of rotatable bonds is 6. The summed E-state index contributed by atoms with van der Waals surface area (Å²) < 4.78 is 43.5. The molecule has 1 saturated heterocycles. The highest BCUT2D eigenvalue weighted by Gasteiger charge is 2.48. The first-order chi connectivity index (χ1) is 15.0. The number of aliphatic hydroxyl groups excluding tert-OH is 1.